The number of aliphatic carboxylic acids is 2. The standard InChI is InChI=1S/C34H36N2O4S.C2H2O4/c1-24(36-20-6-9-31(36)37)23-40-28-14-10-25(11-15-28)33(38)32-29-7-2-3-8-30(29)41-34(32)26-12-16-27(17-13-26)39-22-21-35-18-4-5-19-35;3-1(4)2(5)6/h2-3,7-8,10-17,24H,4-6,9,18-23H2,1H3;(H,3,4)(H,5,6)/t24-;/m1./s1. The van der Waals surface area contributed by atoms with Gasteiger partial charge in [-0.2, -0.15) is 0 Å². The Morgan fingerprint density at radius 3 is 2.11 bits per heavy atom. The van der Waals surface area contributed by atoms with Crippen molar-refractivity contribution in [3.8, 4) is 21.9 Å². The van der Waals surface area contributed by atoms with Crippen LogP contribution in [-0.4, -0.2) is 89.1 Å². The highest BCUT2D eigenvalue weighted by Crippen LogP contribution is 2.40. The molecule has 1 amide bonds. The third-order valence-corrected chi connectivity index (χ3v) is 9.47. The number of amides is 1. The monoisotopic (exact) mass is 658 g/mol. The lowest BCUT2D eigenvalue weighted by atomic mass is 9.97. The topological polar surface area (TPSA) is 134 Å². The first-order chi connectivity index (χ1) is 22.7. The molecule has 0 saturated carbocycles. The van der Waals surface area contributed by atoms with Crippen LogP contribution in [0.5, 0.6) is 11.5 Å². The molecule has 2 N–H and O–H groups in total. The molecule has 4 aromatic rings. The van der Waals surface area contributed by atoms with E-state index >= 15 is 0 Å². The van der Waals surface area contributed by atoms with Crippen molar-refractivity contribution in [2.75, 3.05) is 39.4 Å². The second-order valence-corrected chi connectivity index (χ2v) is 12.6. The SMILES string of the molecule is C[C@H](COc1ccc(C(=O)c2c(-c3ccc(OCCN4CCCC4)cc3)sc3ccccc23)cc1)N1CCCC1=O.O=C(O)C(=O)O. The molecule has 2 fully saturated rings. The van der Waals surface area contributed by atoms with Gasteiger partial charge >= 0.3 is 11.9 Å². The Kier molecular flexibility index (Phi) is 11.2. The van der Waals surface area contributed by atoms with Gasteiger partial charge in [0.05, 0.1) is 6.04 Å². The molecule has 2 saturated heterocycles. The van der Waals surface area contributed by atoms with Crippen molar-refractivity contribution in [1.29, 1.82) is 0 Å². The van der Waals surface area contributed by atoms with Gasteiger partial charge in [0.25, 0.3) is 0 Å². The lowest BCUT2D eigenvalue weighted by molar-refractivity contribution is -0.159. The zero-order chi connectivity index (χ0) is 33.3. The van der Waals surface area contributed by atoms with Crippen LogP contribution >= 0.6 is 11.3 Å². The van der Waals surface area contributed by atoms with Crippen LogP contribution in [-0.2, 0) is 14.4 Å². The van der Waals surface area contributed by atoms with Crippen molar-refractivity contribution in [2.45, 2.75) is 38.6 Å². The van der Waals surface area contributed by atoms with Gasteiger partial charge in [-0.05, 0) is 99.4 Å². The fourth-order valence-corrected chi connectivity index (χ4v) is 6.97. The van der Waals surface area contributed by atoms with Gasteiger partial charge in [-0.25, -0.2) is 9.59 Å². The highest BCUT2D eigenvalue weighted by Gasteiger charge is 2.26. The summed E-state index contributed by atoms with van der Waals surface area (Å²) in [6, 6.07) is 23.6. The van der Waals surface area contributed by atoms with E-state index in [1.165, 1.54) is 25.9 Å². The van der Waals surface area contributed by atoms with E-state index in [1.807, 2.05) is 66.4 Å². The van der Waals surface area contributed by atoms with E-state index in [4.69, 9.17) is 29.3 Å². The first-order valence-corrected chi connectivity index (χ1v) is 16.5. The Labute approximate surface area is 277 Å². The number of hydrogen-bond donors (Lipinski definition) is 2. The number of carbonyl (C=O) groups excluding carboxylic acids is 2. The molecule has 1 atom stereocenters. The number of carboxylic acids is 2. The summed E-state index contributed by atoms with van der Waals surface area (Å²) in [5.41, 5.74) is 2.35. The molecule has 47 heavy (non-hydrogen) atoms. The van der Waals surface area contributed by atoms with Gasteiger partial charge in [-0.15, -0.1) is 11.3 Å². The van der Waals surface area contributed by atoms with Crippen LogP contribution in [0.25, 0.3) is 20.5 Å². The molecule has 0 spiro atoms. The fraction of sp³-hybridized carbons (Fsp3) is 0.333. The highest BCUT2D eigenvalue weighted by molar-refractivity contribution is 7.22. The number of fused-ring (bicyclic) bond motifs is 1. The number of thiophene rings is 1. The number of ketones is 1. The van der Waals surface area contributed by atoms with Crippen LogP contribution in [0.1, 0.15) is 48.5 Å². The van der Waals surface area contributed by atoms with E-state index in [2.05, 4.69) is 23.1 Å². The highest BCUT2D eigenvalue weighted by atomic mass is 32.1. The van der Waals surface area contributed by atoms with Crippen molar-refractivity contribution in [3.63, 3.8) is 0 Å². The second-order valence-electron chi connectivity index (χ2n) is 11.5. The van der Waals surface area contributed by atoms with Gasteiger partial charge in [0.15, 0.2) is 5.78 Å². The van der Waals surface area contributed by atoms with Gasteiger partial charge in [-0.1, -0.05) is 18.2 Å². The summed E-state index contributed by atoms with van der Waals surface area (Å²) in [5, 5.41) is 15.7. The molecule has 3 aromatic carbocycles. The predicted molar refractivity (Wildman–Crippen MR) is 179 cm³/mol. The zero-order valence-corrected chi connectivity index (χ0v) is 27.0. The molecule has 2 aliphatic heterocycles. The summed E-state index contributed by atoms with van der Waals surface area (Å²) in [6.45, 7) is 7.20. The summed E-state index contributed by atoms with van der Waals surface area (Å²) in [7, 11) is 0. The minimum Gasteiger partial charge on any atom is -0.492 e. The van der Waals surface area contributed by atoms with Crippen LogP contribution < -0.4 is 9.47 Å². The summed E-state index contributed by atoms with van der Waals surface area (Å²) in [6.07, 6.45) is 4.10. The molecule has 0 aliphatic carbocycles. The minimum absolute atomic E-state index is 0.00836. The number of carbonyl (C=O) groups is 4. The average Bonchev–Trinajstić information content (AvgIpc) is 3.84. The molecular formula is C36H38N2O8S. The van der Waals surface area contributed by atoms with Crippen LogP contribution in [0.15, 0.2) is 72.8 Å². The van der Waals surface area contributed by atoms with Crippen molar-refractivity contribution in [2.24, 2.45) is 0 Å². The molecule has 3 heterocycles. The lowest BCUT2D eigenvalue weighted by Crippen LogP contribution is -2.38. The molecule has 1 aromatic heterocycles. The first-order valence-electron chi connectivity index (χ1n) is 15.7. The summed E-state index contributed by atoms with van der Waals surface area (Å²) in [5.74, 6) is -1.92. The number of nitrogens with zero attached hydrogens (tertiary/aromatic N) is 2. The van der Waals surface area contributed by atoms with Crippen molar-refractivity contribution < 1.29 is 38.9 Å². The fourth-order valence-electron chi connectivity index (χ4n) is 5.76. The molecule has 0 unspecified atom stereocenters. The molecular weight excluding hydrogens is 620 g/mol. The second kappa shape index (κ2) is 15.7. The maximum Gasteiger partial charge on any atom is 0.414 e. The largest absolute Gasteiger partial charge is 0.492 e. The molecule has 0 bridgehead atoms. The molecule has 0 radical (unpaired) electrons. The summed E-state index contributed by atoms with van der Waals surface area (Å²) in [4.78, 5) is 49.4. The number of likely N-dealkylation sites (tertiary alicyclic amines) is 2. The number of rotatable bonds is 11. The van der Waals surface area contributed by atoms with E-state index in [-0.39, 0.29) is 17.7 Å². The molecule has 246 valence electrons. The number of hydrogen-bond acceptors (Lipinski definition) is 8. The Hall–Kier alpha value is -4.74. The van der Waals surface area contributed by atoms with Gasteiger partial charge in [-0.3, -0.25) is 14.5 Å². The van der Waals surface area contributed by atoms with Crippen LogP contribution in [0, 0.1) is 0 Å². The van der Waals surface area contributed by atoms with Crippen molar-refractivity contribution in [3.05, 3.63) is 83.9 Å². The Balaban J connectivity index is 0.000000662. The predicted octanol–water partition coefficient (Wildman–Crippen LogP) is 5.82. The van der Waals surface area contributed by atoms with E-state index in [9.17, 15) is 9.59 Å². The third kappa shape index (κ3) is 8.55. The van der Waals surface area contributed by atoms with Gasteiger partial charge in [0, 0.05) is 45.6 Å². The van der Waals surface area contributed by atoms with Crippen LogP contribution in [0.4, 0.5) is 0 Å². The van der Waals surface area contributed by atoms with E-state index in [0.717, 1.165) is 51.4 Å². The number of ether oxygens (including phenoxy) is 2. The molecule has 2 aliphatic rings. The molecule has 11 heteroatoms. The zero-order valence-electron chi connectivity index (χ0n) is 26.2. The summed E-state index contributed by atoms with van der Waals surface area (Å²) >= 11 is 1.64. The first kappa shape index (κ1) is 33.6. The maximum atomic E-state index is 13.9. The minimum atomic E-state index is -1.82. The Bertz CT molecular complexity index is 1700. The Morgan fingerprint density at radius 1 is 0.830 bits per heavy atom. The third-order valence-electron chi connectivity index (χ3n) is 8.25. The van der Waals surface area contributed by atoms with Crippen LogP contribution in [0.2, 0.25) is 0 Å². The normalized spacial score (nSPS) is 15.3. The quantitative estimate of drug-likeness (QED) is 0.151. The van der Waals surface area contributed by atoms with Gasteiger partial charge in [0.1, 0.15) is 24.7 Å². The maximum absolute atomic E-state index is 13.9. The number of benzene rings is 3. The van der Waals surface area contributed by atoms with Gasteiger partial charge in [0.2, 0.25) is 5.91 Å². The molecule has 10 nitrogen and oxygen atoms in total. The Morgan fingerprint density at radius 2 is 1.47 bits per heavy atom. The van der Waals surface area contributed by atoms with E-state index < -0.39 is 11.9 Å². The van der Waals surface area contributed by atoms with E-state index in [1.54, 1.807) is 11.3 Å². The van der Waals surface area contributed by atoms with Crippen molar-refractivity contribution >= 4 is 45.1 Å². The molecule has 6 rings (SSSR count). The summed E-state index contributed by atoms with van der Waals surface area (Å²) < 4.78 is 13.1. The lowest BCUT2D eigenvalue weighted by Gasteiger charge is -2.24. The van der Waals surface area contributed by atoms with Crippen LogP contribution in [0.3, 0.4) is 0 Å². The smallest absolute Gasteiger partial charge is 0.414 e. The average molecular weight is 659 g/mol. The van der Waals surface area contributed by atoms with Crippen molar-refractivity contribution in [1.82, 2.24) is 9.80 Å². The van der Waals surface area contributed by atoms with Gasteiger partial charge < -0.3 is 24.6 Å². The number of carboxylic acid groups (broad SMARTS) is 2. The van der Waals surface area contributed by atoms with E-state index in [0.29, 0.717) is 30.9 Å².